The zero-order valence-corrected chi connectivity index (χ0v) is 10.0. The van der Waals surface area contributed by atoms with Gasteiger partial charge in [0.1, 0.15) is 5.82 Å². The van der Waals surface area contributed by atoms with Gasteiger partial charge in [0.15, 0.2) is 0 Å². The highest BCUT2D eigenvalue weighted by molar-refractivity contribution is 5.49. The van der Waals surface area contributed by atoms with Gasteiger partial charge in [-0.2, -0.15) is 0 Å². The summed E-state index contributed by atoms with van der Waals surface area (Å²) in [4.78, 5) is 2.14. The molecular weight excluding hydrogens is 221 g/mol. The van der Waals surface area contributed by atoms with Gasteiger partial charge in [0.25, 0.3) is 0 Å². The van der Waals surface area contributed by atoms with Crippen LogP contribution in [0.5, 0.6) is 0 Å². The quantitative estimate of drug-likeness (QED) is 0.869. The Kier molecular flexibility index (Phi) is 3.97. The first-order chi connectivity index (χ1) is 8.22. The molecule has 3 nitrogen and oxygen atoms in total. The van der Waals surface area contributed by atoms with Crippen LogP contribution in [0.25, 0.3) is 0 Å². The highest BCUT2D eigenvalue weighted by Gasteiger charge is 2.23. The largest absolute Gasteiger partial charge is 0.392 e. The van der Waals surface area contributed by atoms with Crippen LogP contribution in [0.3, 0.4) is 0 Å². The molecule has 1 unspecified atom stereocenters. The van der Waals surface area contributed by atoms with E-state index < -0.39 is 0 Å². The van der Waals surface area contributed by atoms with Gasteiger partial charge in [0.05, 0.1) is 13.2 Å². The fourth-order valence-electron chi connectivity index (χ4n) is 2.35. The zero-order valence-electron chi connectivity index (χ0n) is 10.0. The molecule has 1 fully saturated rings. The van der Waals surface area contributed by atoms with Crippen molar-refractivity contribution in [3.8, 4) is 0 Å². The van der Waals surface area contributed by atoms with E-state index in [9.17, 15) is 4.39 Å². The first-order valence-corrected chi connectivity index (χ1v) is 5.87. The average molecular weight is 239 g/mol. The molecule has 94 valence electrons. The molecule has 2 rings (SSSR count). The number of benzene rings is 1. The number of aliphatic hydroxyl groups is 1. The fraction of sp³-hybridized carbons (Fsp3) is 0.538. The Morgan fingerprint density at radius 2 is 2.29 bits per heavy atom. The maximum atomic E-state index is 13.4. The van der Waals surface area contributed by atoms with Crippen LogP contribution in [0.2, 0.25) is 0 Å². The zero-order chi connectivity index (χ0) is 12.3. The van der Waals surface area contributed by atoms with Gasteiger partial charge in [0.2, 0.25) is 0 Å². The number of methoxy groups -OCH3 is 1. The summed E-state index contributed by atoms with van der Waals surface area (Å²) in [6.45, 7) is 2.43. The maximum Gasteiger partial charge on any atom is 0.125 e. The number of hydrogen-bond acceptors (Lipinski definition) is 3. The van der Waals surface area contributed by atoms with Gasteiger partial charge in [-0.1, -0.05) is 0 Å². The van der Waals surface area contributed by atoms with E-state index in [0.29, 0.717) is 11.5 Å². The Morgan fingerprint density at radius 1 is 1.47 bits per heavy atom. The van der Waals surface area contributed by atoms with E-state index in [2.05, 4.69) is 4.90 Å². The minimum absolute atomic E-state index is 0.125. The van der Waals surface area contributed by atoms with Gasteiger partial charge in [0, 0.05) is 31.8 Å². The highest BCUT2D eigenvalue weighted by Crippen LogP contribution is 2.25. The minimum Gasteiger partial charge on any atom is -0.392 e. The number of rotatable bonds is 4. The van der Waals surface area contributed by atoms with E-state index in [0.717, 1.165) is 31.8 Å². The summed E-state index contributed by atoms with van der Waals surface area (Å²) in [6.07, 6.45) is 1.07. The third-order valence-corrected chi connectivity index (χ3v) is 3.18. The molecule has 1 aliphatic heterocycles. The van der Waals surface area contributed by atoms with Crippen LogP contribution in [0, 0.1) is 11.7 Å². The maximum absolute atomic E-state index is 13.4. The van der Waals surface area contributed by atoms with Crippen molar-refractivity contribution in [2.75, 3.05) is 31.7 Å². The average Bonchev–Trinajstić information content (AvgIpc) is 2.77. The Balaban J connectivity index is 2.10. The van der Waals surface area contributed by atoms with Gasteiger partial charge in [-0.05, 0) is 30.2 Å². The van der Waals surface area contributed by atoms with Crippen molar-refractivity contribution in [3.05, 3.63) is 29.6 Å². The lowest BCUT2D eigenvalue weighted by Gasteiger charge is -2.19. The number of anilines is 1. The minimum atomic E-state index is -0.290. The summed E-state index contributed by atoms with van der Waals surface area (Å²) in [6, 6.07) is 4.73. The van der Waals surface area contributed by atoms with Crippen LogP contribution in [0.15, 0.2) is 18.2 Å². The number of hydrogen-bond donors (Lipinski definition) is 1. The topological polar surface area (TPSA) is 32.7 Å². The smallest absolute Gasteiger partial charge is 0.125 e. The standard InChI is InChI=1S/C13H18FNO2/c1-17-9-10-2-3-15(7-10)13-5-11(8-16)4-12(14)6-13/h4-6,10,16H,2-3,7-9H2,1H3. The second-order valence-corrected chi connectivity index (χ2v) is 4.53. The van der Waals surface area contributed by atoms with Crippen LogP contribution in [-0.2, 0) is 11.3 Å². The molecule has 0 bridgehead atoms. The summed E-state index contributed by atoms with van der Waals surface area (Å²) in [5.74, 6) is 0.225. The first-order valence-electron chi connectivity index (χ1n) is 5.87. The van der Waals surface area contributed by atoms with E-state index >= 15 is 0 Å². The molecule has 1 N–H and O–H groups in total. The van der Waals surface area contributed by atoms with Gasteiger partial charge in [-0.15, -0.1) is 0 Å². The van der Waals surface area contributed by atoms with E-state index in [1.807, 2.05) is 6.07 Å². The number of halogens is 1. The summed E-state index contributed by atoms with van der Waals surface area (Å²) in [5, 5.41) is 9.06. The van der Waals surface area contributed by atoms with Crippen molar-refractivity contribution < 1.29 is 14.2 Å². The van der Waals surface area contributed by atoms with Crippen molar-refractivity contribution in [3.63, 3.8) is 0 Å². The van der Waals surface area contributed by atoms with Crippen LogP contribution in [-0.4, -0.2) is 31.9 Å². The highest BCUT2D eigenvalue weighted by atomic mass is 19.1. The van der Waals surface area contributed by atoms with Crippen LogP contribution < -0.4 is 4.90 Å². The lowest BCUT2D eigenvalue weighted by atomic mass is 10.1. The predicted octanol–water partition coefficient (Wildman–Crippen LogP) is 1.79. The molecule has 0 radical (unpaired) electrons. The second-order valence-electron chi connectivity index (χ2n) is 4.53. The van der Waals surface area contributed by atoms with Crippen molar-refractivity contribution in [2.45, 2.75) is 13.0 Å². The Hall–Kier alpha value is -1.13. The van der Waals surface area contributed by atoms with Crippen molar-refractivity contribution in [1.82, 2.24) is 0 Å². The third-order valence-electron chi connectivity index (χ3n) is 3.18. The number of ether oxygens (including phenoxy) is 1. The number of aliphatic hydroxyl groups excluding tert-OH is 1. The molecule has 0 aromatic heterocycles. The molecule has 1 atom stereocenters. The Bertz CT molecular complexity index is 384. The molecule has 17 heavy (non-hydrogen) atoms. The molecule has 1 heterocycles. The molecule has 1 aliphatic rings. The molecule has 0 amide bonds. The molecule has 1 aromatic carbocycles. The Morgan fingerprint density at radius 3 is 3.00 bits per heavy atom. The van der Waals surface area contributed by atoms with Gasteiger partial charge < -0.3 is 14.7 Å². The molecule has 1 saturated heterocycles. The first kappa shape index (κ1) is 12.3. The summed E-state index contributed by atoms with van der Waals surface area (Å²) < 4.78 is 18.5. The lowest BCUT2D eigenvalue weighted by Crippen LogP contribution is -2.21. The summed E-state index contributed by atoms with van der Waals surface area (Å²) >= 11 is 0. The molecule has 4 heteroatoms. The van der Waals surface area contributed by atoms with Crippen LogP contribution in [0.1, 0.15) is 12.0 Å². The molecule has 0 saturated carbocycles. The number of nitrogens with zero attached hydrogens (tertiary/aromatic N) is 1. The van der Waals surface area contributed by atoms with Gasteiger partial charge >= 0.3 is 0 Å². The molecule has 0 aliphatic carbocycles. The van der Waals surface area contributed by atoms with Crippen molar-refractivity contribution in [1.29, 1.82) is 0 Å². The monoisotopic (exact) mass is 239 g/mol. The van der Waals surface area contributed by atoms with E-state index in [4.69, 9.17) is 9.84 Å². The SMILES string of the molecule is COCC1CCN(c2cc(F)cc(CO)c2)C1. The molecule has 1 aromatic rings. The van der Waals surface area contributed by atoms with E-state index in [-0.39, 0.29) is 12.4 Å². The summed E-state index contributed by atoms with van der Waals surface area (Å²) in [5.41, 5.74) is 1.47. The van der Waals surface area contributed by atoms with Gasteiger partial charge in [-0.25, -0.2) is 4.39 Å². The summed E-state index contributed by atoms with van der Waals surface area (Å²) in [7, 11) is 1.70. The van der Waals surface area contributed by atoms with Crippen molar-refractivity contribution >= 4 is 5.69 Å². The predicted molar refractivity (Wildman–Crippen MR) is 64.5 cm³/mol. The van der Waals surface area contributed by atoms with Crippen molar-refractivity contribution in [2.24, 2.45) is 5.92 Å². The van der Waals surface area contributed by atoms with E-state index in [1.165, 1.54) is 12.1 Å². The lowest BCUT2D eigenvalue weighted by molar-refractivity contribution is 0.161. The van der Waals surface area contributed by atoms with Crippen LogP contribution >= 0.6 is 0 Å². The normalized spacial score (nSPS) is 19.9. The molecular formula is C13H18FNO2. The second kappa shape index (κ2) is 5.47. The molecule has 0 spiro atoms. The fourth-order valence-corrected chi connectivity index (χ4v) is 2.35. The third kappa shape index (κ3) is 2.96. The Labute approximate surface area is 101 Å². The van der Waals surface area contributed by atoms with Gasteiger partial charge in [-0.3, -0.25) is 0 Å². The van der Waals surface area contributed by atoms with Crippen LogP contribution in [0.4, 0.5) is 10.1 Å². The van der Waals surface area contributed by atoms with E-state index in [1.54, 1.807) is 7.11 Å².